The average molecular weight is 477 g/mol. The quantitative estimate of drug-likeness (QED) is 0.564. The molecule has 0 aromatic carbocycles. The molecule has 3 N–H and O–H groups in total. The highest BCUT2D eigenvalue weighted by Gasteiger charge is 2.28. The molecule has 11 heteroatoms. The lowest BCUT2D eigenvalue weighted by Crippen LogP contribution is -2.47. The molecule has 1 fully saturated rings. The SMILES string of the molecule is COc1cnccc1C(=O)N[C@@H]1CCCN(c2cc(C3=CCN(C(C)=O)C3)n3ncnc(N)c23)C1. The van der Waals surface area contributed by atoms with Crippen molar-refractivity contribution in [2.45, 2.75) is 25.8 Å². The van der Waals surface area contributed by atoms with E-state index in [2.05, 4.69) is 31.3 Å². The standard InChI is InChI=1S/C24H28N8O3/c1-15(33)30-9-6-16(12-30)19-10-20(22-23(25)27-14-28-32(19)22)31-8-3-4-17(13-31)29-24(34)18-5-7-26-11-21(18)35-2/h5-7,10-11,14,17H,3-4,8-9,12-13H2,1-2H3,(H,29,34)(H2,25,27,28)/t17-/m1/s1. The van der Waals surface area contributed by atoms with Gasteiger partial charge >= 0.3 is 0 Å². The van der Waals surface area contributed by atoms with Crippen molar-refractivity contribution >= 4 is 34.4 Å². The van der Waals surface area contributed by atoms with Gasteiger partial charge in [0, 0.05) is 45.3 Å². The maximum Gasteiger partial charge on any atom is 0.255 e. The smallest absolute Gasteiger partial charge is 0.255 e. The van der Waals surface area contributed by atoms with E-state index in [1.54, 1.807) is 28.6 Å². The monoisotopic (exact) mass is 476 g/mol. The predicted molar refractivity (Wildman–Crippen MR) is 131 cm³/mol. The zero-order valence-electron chi connectivity index (χ0n) is 19.8. The van der Waals surface area contributed by atoms with E-state index in [-0.39, 0.29) is 17.9 Å². The number of pyridine rings is 1. The number of nitrogens with two attached hydrogens (primary N) is 1. The van der Waals surface area contributed by atoms with E-state index in [9.17, 15) is 9.59 Å². The van der Waals surface area contributed by atoms with Crippen molar-refractivity contribution in [3.63, 3.8) is 0 Å². The van der Waals surface area contributed by atoms with E-state index < -0.39 is 0 Å². The number of carbonyl (C=O) groups is 2. The molecule has 182 valence electrons. The molecule has 1 saturated heterocycles. The second kappa shape index (κ2) is 9.24. The van der Waals surface area contributed by atoms with Gasteiger partial charge in [-0.1, -0.05) is 6.08 Å². The van der Waals surface area contributed by atoms with E-state index in [0.717, 1.165) is 41.9 Å². The van der Waals surface area contributed by atoms with E-state index in [0.29, 0.717) is 36.8 Å². The number of anilines is 2. The first-order valence-corrected chi connectivity index (χ1v) is 11.6. The van der Waals surface area contributed by atoms with E-state index >= 15 is 0 Å². The Labute approximate surface area is 202 Å². The summed E-state index contributed by atoms with van der Waals surface area (Å²) in [5.74, 6) is 0.666. The van der Waals surface area contributed by atoms with Gasteiger partial charge in [-0.15, -0.1) is 0 Å². The van der Waals surface area contributed by atoms with Crippen LogP contribution in [0.15, 0.2) is 36.9 Å². The average Bonchev–Trinajstić information content (AvgIpc) is 3.50. The third-order valence-corrected chi connectivity index (χ3v) is 6.60. The zero-order valence-corrected chi connectivity index (χ0v) is 19.8. The number of fused-ring (bicyclic) bond motifs is 1. The van der Waals surface area contributed by atoms with Crippen LogP contribution in [0.2, 0.25) is 0 Å². The number of aromatic nitrogens is 4. The first-order chi connectivity index (χ1) is 17.0. The van der Waals surface area contributed by atoms with Gasteiger partial charge in [-0.25, -0.2) is 9.50 Å². The van der Waals surface area contributed by atoms with Crippen molar-refractivity contribution in [1.29, 1.82) is 0 Å². The van der Waals surface area contributed by atoms with Crippen molar-refractivity contribution in [3.8, 4) is 5.75 Å². The molecule has 11 nitrogen and oxygen atoms in total. The maximum atomic E-state index is 12.9. The molecule has 1 atom stereocenters. The number of piperidine rings is 1. The highest BCUT2D eigenvalue weighted by Crippen LogP contribution is 2.34. The highest BCUT2D eigenvalue weighted by molar-refractivity contribution is 5.97. The summed E-state index contributed by atoms with van der Waals surface area (Å²) < 4.78 is 7.09. The predicted octanol–water partition coefficient (Wildman–Crippen LogP) is 1.36. The van der Waals surface area contributed by atoms with Crippen molar-refractivity contribution in [3.05, 3.63) is 48.2 Å². The molecule has 0 spiro atoms. The van der Waals surface area contributed by atoms with Gasteiger partial charge in [-0.3, -0.25) is 14.6 Å². The summed E-state index contributed by atoms with van der Waals surface area (Å²) >= 11 is 0. The molecule has 0 aliphatic carbocycles. The van der Waals surface area contributed by atoms with Crippen LogP contribution in [0, 0.1) is 0 Å². The number of rotatable bonds is 5. The van der Waals surface area contributed by atoms with Crippen LogP contribution in [0.3, 0.4) is 0 Å². The molecule has 35 heavy (non-hydrogen) atoms. The Kier molecular flexibility index (Phi) is 5.98. The molecule has 5 rings (SSSR count). The summed E-state index contributed by atoms with van der Waals surface area (Å²) in [4.78, 5) is 37.0. The first kappa shape index (κ1) is 22.6. The second-order valence-corrected chi connectivity index (χ2v) is 8.78. The fourth-order valence-corrected chi connectivity index (χ4v) is 4.81. The number of nitrogens with zero attached hydrogens (tertiary/aromatic N) is 6. The van der Waals surface area contributed by atoms with Gasteiger partial charge in [0.1, 0.15) is 17.6 Å². The Bertz CT molecular complexity index is 1320. The molecular weight excluding hydrogens is 448 g/mol. The lowest BCUT2D eigenvalue weighted by Gasteiger charge is -2.34. The van der Waals surface area contributed by atoms with Crippen LogP contribution in [-0.2, 0) is 4.79 Å². The Hall–Kier alpha value is -4.15. The second-order valence-electron chi connectivity index (χ2n) is 8.78. The van der Waals surface area contributed by atoms with Crippen LogP contribution in [0.4, 0.5) is 11.5 Å². The number of nitrogen functional groups attached to an aromatic ring is 1. The minimum atomic E-state index is -0.193. The van der Waals surface area contributed by atoms with E-state index in [4.69, 9.17) is 10.5 Å². The molecule has 2 aliphatic rings. The number of hydrogen-bond donors (Lipinski definition) is 2. The Balaban J connectivity index is 1.41. The summed E-state index contributed by atoms with van der Waals surface area (Å²) in [6.07, 6.45) is 8.36. The number of nitrogens with one attached hydrogen (secondary N) is 1. The first-order valence-electron chi connectivity index (χ1n) is 11.6. The number of carbonyl (C=O) groups excluding carboxylic acids is 2. The van der Waals surface area contributed by atoms with Gasteiger partial charge in [0.05, 0.1) is 30.3 Å². The fraction of sp³-hybridized carbons (Fsp3) is 0.375. The summed E-state index contributed by atoms with van der Waals surface area (Å²) in [7, 11) is 1.52. The largest absolute Gasteiger partial charge is 0.494 e. The van der Waals surface area contributed by atoms with E-state index in [1.165, 1.54) is 19.6 Å². The molecule has 3 aromatic heterocycles. The van der Waals surface area contributed by atoms with Crippen LogP contribution in [-0.4, -0.2) is 75.6 Å². The molecule has 2 amide bonds. The number of amides is 2. The maximum absolute atomic E-state index is 12.9. The third-order valence-electron chi connectivity index (χ3n) is 6.60. The topological polar surface area (TPSA) is 131 Å². The van der Waals surface area contributed by atoms with Gasteiger partial charge in [0.25, 0.3) is 5.91 Å². The normalized spacial score (nSPS) is 18.0. The molecular formula is C24H28N8O3. The van der Waals surface area contributed by atoms with E-state index in [1.807, 2.05) is 6.08 Å². The van der Waals surface area contributed by atoms with Gasteiger partial charge in [-0.05, 0) is 30.5 Å². The lowest BCUT2D eigenvalue weighted by atomic mass is 10.0. The highest BCUT2D eigenvalue weighted by atomic mass is 16.5. The minimum Gasteiger partial charge on any atom is -0.494 e. The minimum absolute atomic E-state index is 0.0342. The van der Waals surface area contributed by atoms with Crippen molar-refractivity contribution < 1.29 is 14.3 Å². The molecule has 0 bridgehead atoms. The number of hydrogen-bond acceptors (Lipinski definition) is 8. The molecule has 3 aromatic rings. The summed E-state index contributed by atoms with van der Waals surface area (Å²) in [6.45, 7) is 4.10. The summed E-state index contributed by atoms with van der Waals surface area (Å²) in [6, 6.07) is 3.66. The van der Waals surface area contributed by atoms with Gasteiger partial charge in [-0.2, -0.15) is 5.10 Å². The summed E-state index contributed by atoms with van der Waals surface area (Å²) in [5, 5.41) is 7.60. The van der Waals surface area contributed by atoms with Crippen molar-refractivity contribution in [1.82, 2.24) is 29.8 Å². The number of ether oxygens (including phenoxy) is 1. The van der Waals surface area contributed by atoms with Gasteiger partial charge in [0.2, 0.25) is 5.91 Å². The van der Waals surface area contributed by atoms with Gasteiger partial charge in [0.15, 0.2) is 5.82 Å². The molecule has 5 heterocycles. The molecule has 2 aliphatic heterocycles. The molecule has 0 radical (unpaired) electrons. The Morgan fingerprint density at radius 3 is 2.94 bits per heavy atom. The van der Waals surface area contributed by atoms with Crippen LogP contribution in [0.25, 0.3) is 11.1 Å². The molecule has 0 saturated carbocycles. The fourth-order valence-electron chi connectivity index (χ4n) is 4.81. The Morgan fingerprint density at radius 1 is 1.31 bits per heavy atom. The van der Waals surface area contributed by atoms with Crippen molar-refractivity contribution in [2.24, 2.45) is 0 Å². The summed E-state index contributed by atoms with van der Waals surface area (Å²) in [5.41, 5.74) is 10.3. The lowest BCUT2D eigenvalue weighted by molar-refractivity contribution is -0.127. The van der Waals surface area contributed by atoms with Crippen LogP contribution >= 0.6 is 0 Å². The Morgan fingerprint density at radius 2 is 2.17 bits per heavy atom. The van der Waals surface area contributed by atoms with Crippen LogP contribution in [0.1, 0.15) is 35.8 Å². The zero-order chi connectivity index (χ0) is 24.5. The third kappa shape index (κ3) is 4.25. The number of methoxy groups -OCH3 is 1. The van der Waals surface area contributed by atoms with Crippen molar-refractivity contribution in [2.75, 3.05) is 43.9 Å². The van der Waals surface area contributed by atoms with Crippen LogP contribution < -0.4 is 20.7 Å². The molecule has 0 unspecified atom stereocenters. The van der Waals surface area contributed by atoms with Crippen LogP contribution in [0.5, 0.6) is 5.75 Å². The van der Waals surface area contributed by atoms with Gasteiger partial charge < -0.3 is 25.6 Å².